The predicted octanol–water partition coefficient (Wildman–Crippen LogP) is 2.82. The lowest BCUT2D eigenvalue weighted by atomic mass is 9.86. The Hall–Kier alpha value is -1.49. The Morgan fingerprint density at radius 2 is 2.09 bits per heavy atom. The average molecular weight is 318 g/mol. The molecule has 0 saturated heterocycles. The van der Waals surface area contributed by atoms with Gasteiger partial charge < -0.3 is 10.2 Å². The maximum absolute atomic E-state index is 12.4. The average Bonchev–Trinajstić information content (AvgIpc) is 2.52. The highest BCUT2D eigenvalue weighted by Gasteiger charge is 2.28. The Labute approximate surface area is 135 Å². The molecule has 5 heteroatoms. The normalized spacial score (nSPS) is 24.8. The van der Waals surface area contributed by atoms with Crippen molar-refractivity contribution >= 4 is 29.3 Å². The maximum atomic E-state index is 12.4. The molecule has 1 heterocycles. The molecule has 1 aliphatic heterocycles. The van der Waals surface area contributed by atoms with E-state index < -0.39 is 0 Å². The van der Waals surface area contributed by atoms with Crippen LogP contribution in [0.15, 0.2) is 29.2 Å². The van der Waals surface area contributed by atoms with Crippen LogP contribution in [0.1, 0.15) is 32.6 Å². The highest BCUT2D eigenvalue weighted by molar-refractivity contribution is 8.00. The SMILES string of the molecule is C[C@@H]1CCCC[C@@H]1NC(=O)CN1C(=O)CSc2ccccc21. The van der Waals surface area contributed by atoms with Crippen molar-refractivity contribution in [2.24, 2.45) is 5.92 Å². The van der Waals surface area contributed by atoms with Crippen molar-refractivity contribution in [1.82, 2.24) is 5.32 Å². The third kappa shape index (κ3) is 3.29. The smallest absolute Gasteiger partial charge is 0.240 e. The largest absolute Gasteiger partial charge is 0.352 e. The van der Waals surface area contributed by atoms with Crippen LogP contribution in [0.3, 0.4) is 0 Å². The van der Waals surface area contributed by atoms with E-state index in [0.717, 1.165) is 17.0 Å². The van der Waals surface area contributed by atoms with Gasteiger partial charge in [-0.3, -0.25) is 9.59 Å². The second-order valence-electron chi connectivity index (χ2n) is 6.17. The highest BCUT2D eigenvalue weighted by atomic mass is 32.2. The molecule has 1 N–H and O–H groups in total. The molecule has 1 aromatic carbocycles. The van der Waals surface area contributed by atoms with Gasteiger partial charge in [0.15, 0.2) is 0 Å². The topological polar surface area (TPSA) is 49.4 Å². The molecule has 0 radical (unpaired) electrons. The Morgan fingerprint density at radius 3 is 2.91 bits per heavy atom. The van der Waals surface area contributed by atoms with Crippen LogP contribution in [0.25, 0.3) is 0 Å². The summed E-state index contributed by atoms with van der Waals surface area (Å²) in [6.45, 7) is 2.32. The molecule has 2 atom stereocenters. The Balaban J connectivity index is 1.67. The van der Waals surface area contributed by atoms with E-state index >= 15 is 0 Å². The minimum atomic E-state index is -0.0474. The van der Waals surface area contributed by atoms with Gasteiger partial charge in [0.2, 0.25) is 11.8 Å². The Kier molecular flexibility index (Phi) is 4.71. The number of nitrogens with one attached hydrogen (secondary N) is 1. The van der Waals surface area contributed by atoms with Crippen molar-refractivity contribution in [3.63, 3.8) is 0 Å². The first kappa shape index (κ1) is 15.4. The zero-order valence-electron chi connectivity index (χ0n) is 12.9. The summed E-state index contributed by atoms with van der Waals surface area (Å²) < 4.78 is 0. The lowest BCUT2D eigenvalue weighted by molar-refractivity contribution is -0.123. The summed E-state index contributed by atoms with van der Waals surface area (Å²) >= 11 is 1.54. The zero-order valence-corrected chi connectivity index (χ0v) is 13.7. The summed E-state index contributed by atoms with van der Waals surface area (Å²) in [5.74, 6) is 0.895. The first-order valence-electron chi connectivity index (χ1n) is 7.96. The van der Waals surface area contributed by atoms with Crippen molar-refractivity contribution in [1.29, 1.82) is 0 Å². The molecule has 1 fully saturated rings. The monoisotopic (exact) mass is 318 g/mol. The molecule has 1 saturated carbocycles. The highest BCUT2D eigenvalue weighted by Crippen LogP contribution is 2.34. The quantitative estimate of drug-likeness (QED) is 0.932. The van der Waals surface area contributed by atoms with Gasteiger partial charge in [-0.05, 0) is 30.9 Å². The van der Waals surface area contributed by atoms with Gasteiger partial charge in [-0.1, -0.05) is 31.9 Å². The molecular weight excluding hydrogens is 296 g/mol. The maximum Gasteiger partial charge on any atom is 0.240 e. The second kappa shape index (κ2) is 6.73. The van der Waals surface area contributed by atoms with E-state index in [9.17, 15) is 9.59 Å². The number of benzene rings is 1. The predicted molar refractivity (Wildman–Crippen MR) is 89.1 cm³/mol. The number of amides is 2. The van der Waals surface area contributed by atoms with Crippen molar-refractivity contribution in [3.8, 4) is 0 Å². The summed E-state index contributed by atoms with van der Waals surface area (Å²) in [6.07, 6.45) is 4.65. The first-order chi connectivity index (χ1) is 10.6. The molecule has 0 bridgehead atoms. The molecular formula is C17H22N2O2S. The minimum Gasteiger partial charge on any atom is -0.352 e. The Bertz CT molecular complexity index is 576. The van der Waals surface area contributed by atoms with E-state index in [4.69, 9.17) is 0 Å². The van der Waals surface area contributed by atoms with Crippen LogP contribution in [0.4, 0.5) is 5.69 Å². The summed E-state index contributed by atoms with van der Waals surface area (Å²) in [6, 6.07) is 8.04. The van der Waals surface area contributed by atoms with Crippen LogP contribution in [-0.2, 0) is 9.59 Å². The first-order valence-corrected chi connectivity index (χ1v) is 8.95. The molecule has 22 heavy (non-hydrogen) atoms. The van der Waals surface area contributed by atoms with Crippen molar-refractivity contribution in [2.75, 3.05) is 17.2 Å². The Morgan fingerprint density at radius 1 is 1.32 bits per heavy atom. The van der Waals surface area contributed by atoms with Gasteiger partial charge in [-0.15, -0.1) is 11.8 Å². The summed E-state index contributed by atoms with van der Waals surface area (Å²) in [4.78, 5) is 27.2. The lowest BCUT2D eigenvalue weighted by Crippen LogP contribution is -2.48. The molecule has 118 valence electrons. The van der Waals surface area contributed by atoms with Gasteiger partial charge in [0.05, 0.1) is 11.4 Å². The molecule has 2 aliphatic rings. The summed E-state index contributed by atoms with van der Waals surface area (Å²) in [7, 11) is 0. The second-order valence-corrected chi connectivity index (χ2v) is 7.19. The molecule has 0 unspecified atom stereocenters. The summed E-state index contributed by atoms with van der Waals surface area (Å²) in [5.41, 5.74) is 0.857. The number of thioether (sulfide) groups is 1. The zero-order chi connectivity index (χ0) is 15.5. The van der Waals surface area contributed by atoms with Gasteiger partial charge >= 0.3 is 0 Å². The van der Waals surface area contributed by atoms with Crippen molar-refractivity contribution < 1.29 is 9.59 Å². The number of para-hydroxylation sites is 1. The fourth-order valence-corrected chi connectivity index (χ4v) is 4.19. The lowest BCUT2D eigenvalue weighted by Gasteiger charge is -2.32. The fourth-order valence-electron chi connectivity index (χ4n) is 3.25. The molecule has 1 aliphatic carbocycles. The van der Waals surface area contributed by atoms with Gasteiger partial charge in [0.1, 0.15) is 6.54 Å². The van der Waals surface area contributed by atoms with Crippen LogP contribution < -0.4 is 10.2 Å². The van der Waals surface area contributed by atoms with Crippen LogP contribution >= 0.6 is 11.8 Å². The minimum absolute atomic E-state index is 0.00976. The van der Waals surface area contributed by atoms with Crippen LogP contribution in [0, 0.1) is 5.92 Å². The number of rotatable bonds is 3. The van der Waals surface area contributed by atoms with E-state index in [1.165, 1.54) is 19.3 Å². The fraction of sp³-hybridized carbons (Fsp3) is 0.529. The number of anilines is 1. The van der Waals surface area contributed by atoms with Gasteiger partial charge in [-0.25, -0.2) is 0 Å². The number of carbonyl (C=O) groups excluding carboxylic acids is 2. The van der Waals surface area contributed by atoms with E-state index in [1.807, 2.05) is 24.3 Å². The molecule has 0 spiro atoms. The van der Waals surface area contributed by atoms with Gasteiger partial charge in [0.25, 0.3) is 0 Å². The van der Waals surface area contributed by atoms with Gasteiger partial charge in [0, 0.05) is 10.9 Å². The molecule has 4 nitrogen and oxygen atoms in total. The number of fused-ring (bicyclic) bond motifs is 1. The molecule has 0 aromatic heterocycles. The molecule has 2 amide bonds. The van der Waals surface area contributed by atoms with E-state index in [0.29, 0.717) is 11.7 Å². The van der Waals surface area contributed by atoms with Crippen molar-refractivity contribution in [2.45, 2.75) is 43.5 Å². The number of hydrogen-bond donors (Lipinski definition) is 1. The van der Waals surface area contributed by atoms with Crippen LogP contribution in [0.5, 0.6) is 0 Å². The number of nitrogens with zero attached hydrogens (tertiary/aromatic N) is 1. The summed E-state index contributed by atoms with van der Waals surface area (Å²) in [5, 5.41) is 3.13. The van der Waals surface area contributed by atoms with Gasteiger partial charge in [-0.2, -0.15) is 0 Å². The third-order valence-electron chi connectivity index (χ3n) is 4.57. The van der Waals surface area contributed by atoms with E-state index in [1.54, 1.807) is 16.7 Å². The third-order valence-corrected chi connectivity index (χ3v) is 5.62. The van der Waals surface area contributed by atoms with E-state index in [2.05, 4.69) is 12.2 Å². The molecule has 1 aromatic rings. The molecule has 3 rings (SSSR count). The standard InChI is InChI=1S/C17H22N2O2S/c1-12-6-2-3-7-13(12)18-16(20)10-19-14-8-4-5-9-15(14)22-11-17(19)21/h4-5,8-9,12-13H,2-3,6-7,10-11H2,1H3,(H,18,20)/t12-,13+/m1/s1. The van der Waals surface area contributed by atoms with Crippen LogP contribution in [0.2, 0.25) is 0 Å². The number of hydrogen-bond acceptors (Lipinski definition) is 3. The van der Waals surface area contributed by atoms with Crippen molar-refractivity contribution in [3.05, 3.63) is 24.3 Å². The van der Waals surface area contributed by atoms with E-state index in [-0.39, 0.29) is 24.4 Å². The van der Waals surface area contributed by atoms with Crippen LogP contribution in [-0.4, -0.2) is 30.2 Å². The number of carbonyl (C=O) groups is 2.